The molecule has 0 bridgehead atoms. The van der Waals surface area contributed by atoms with Crippen LogP contribution in [0.2, 0.25) is 0 Å². The number of quaternary nitrogens is 1. The molecular formula is C20H28N3O3S+. The van der Waals surface area contributed by atoms with Gasteiger partial charge >= 0.3 is 0 Å². The second kappa shape index (κ2) is 9.12. The summed E-state index contributed by atoms with van der Waals surface area (Å²) in [5.74, 6) is -0.337. The summed E-state index contributed by atoms with van der Waals surface area (Å²) >= 11 is 0. The van der Waals surface area contributed by atoms with Gasteiger partial charge in [-0.15, -0.1) is 0 Å². The summed E-state index contributed by atoms with van der Waals surface area (Å²) in [6.07, 6.45) is 0. The molecule has 7 heteroatoms. The molecule has 0 heterocycles. The summed E-state index contributed by atoms with van der Waals surface area (Å²) in [5.41, 5.74) is 3.03. The Morgan fingerprint density at radius 2 is 1.63 bits per heavy atom. The summed E-state index contributed by atoms with van der Waals surface area (Å²) in [4.78, 5) is 13.8. The number of nitrogens with two attached hydrogens (primary N) is 1. The van der Waals surface area contributed by atoms with Crippen LogP contribution in [-0.4, -0.2) is 27.4 Å². The smallest absolute Gasteiger partial charge is 0.251 e. The fraction of sp³-hybridized carbons (Fsp3) is 0.350. The lowest BCUT2D eigenvalue weighted by atomic mass is 10.1. The highest BCUT2D eigenvalue weighted by molar-refractivity contribution is 7.89. The number of benzene rings is 2. The molecule has 27 heavy (non-hydrogen) atoms. The predicted octanol–water partition coefficient (Wildman–Crippen LogP) is 0.997. The maximum Gasteiger partial charge on any atom is 0.251 e. The van der Waals surface area contributed by atoms with Crippen molar-refractivity contribution in [3.63, 3.8) is 0 Å². The van der Waals surface area contributed by atoms with Crippen molar-refractivity contribution >= 4 is 15.9 Å². The van der Waals surface area contributed by atoms with Crippen LogP contribution in [0.3, 0.4) is 0 Å². The number of sulfonamides is 1. The largest absolute Gasteiger partial charge is 0.348 e. The molecule has 0 radical (unpaired) electrons. The first-order valence-corrected chi connectivity index (χ1v) is 10.6. The molecule has 0 aromatic heterocycles. The topological polar surface area (TPSA) is 93.7 Å². The van der Waals surface area contributed by atoms with Crippen LogP contribution in [0.25, 0.3) is 0 Å². The average molecular weight is 391 g/mol. The van der Waals surface area contributed by atoms with Gasteiger partial charge in [0.15, 0.2) is 0 Å². The molecule has 0 aliphatic carbocycles. The van der Waals surface area contributed by atoms with Gasteiger partial charge in [0, 0.05) is 17.7 Å². The molecule has 0 fully saturated rings. The van der Waals surface area contributed by atoms with Crippen LogP contribution in [-0.2, 0) is 23.1 Å². The second-order valence-electron chi connectivity index (χ2n) is 6.66. The van der Waals surface area contributed by atoms with Crippen LogP contribution in [0.4, 0.5) is 0 Å². The molecule has 0 aliphatic heterocycles. The van der Waals surface area contributed by atoms with Gasteiger partial charge in [0.05, 0.1) is 18.0 Å². The number of hydrogen-bond donors (Lipinski definition) is 3. The van der Waals surface area contributed by atoms with Gasteiger partial charge in [-0.1, -0.05) is 30.3 Å². The van der Waals surface area contributed by atoms with Gasteiger partial charge in [0.2, 0.25) is 10.0 Å². The van der Waals surface area contributed by atoms with Crippen LogP contribution >= 0.6 is 0 Å². The molecule has 2 rings (SSSR count). The molecule has 0 saturated carbocycles. The molecule has 6 nitrogen and oxygen atoms in total. The summed E-state index contributed by atoms with van der Waals surface area (Å²) in [7, 11) is -3.86. The number of amides is 1. The molecule has 0 aliphatic rings. The van der Waals surface area contributed by atoms with E-state index >= 15 is 0 Å². The molecule has 2 aromatic carbocycles. The van der Waals surface area contributed by atoms with Crippen molar-refractivity contribution in [1.29, 1.82) is 0 Å². The maximum atomic E-state index is 12.3. The molecule has 0 unspecified atom stereocenters. The molecule has 146 valence electrons. The third-order valence-electron chi connectivity index (χ3n) is 4.69. The van der Waals surface area contributed by atoms with Crippen molar-refractivity contribution in [2.24, 2.45) is 5.14 Å². The maximum absolute atomic E-state index is 12.3. The Morgan fingerprint density at radius 3 is 2.19 bits per heavy atom. The van der Waals surface area contributed by atoms with E-state index in [4.69, 9.17) is 5.14 Å². The summed E-state index contributed by atoms with van der Waals surface area (Å²) in [5, 5.41) is 8.02. The Bertz CT molecular complexity index is 889. The molecular weight excluding hydrogens is 362 g/mol. The highest BCUT2D eigenvalue weighted by Crippen LogP contribution is 2.15. The first-order chi connectivity index (χ1) is 12.7. The lowest BCUT2D eigenvalue weighted by molar-refractivity contribution is -0.910. The van der Waals surface area contributed by atoms with Gasteiger partial charge in [-0.05, 0) is 44.0 Å². The Morgan fingerprint density at radius 1 is 1.04 bits per heavy atom. The third-order valence-corrected chi connectivity index (χ3v) is 5.74. The van der Waals surface area contributed by atoms with E-state index in [1.54, 1.807) is 19.1 Å². The lowest BCUT2D eigenvalue weighted by Gasteiger charge is -2.15. The zero-order valence-corrected chi connectivity index (χ0v) is 16.9. The fourth-order valence-electron chi connectivity index (χ4n) is 2.90. The van der Waals surface area contributed by atoms with Crippen LogP contribution in [0.1, 0.15) is 40.9 Å². The van der Waals surface area contributed by atoms with E-state index in [-0.39, 0.29) is 16.4 Å². The van der Waals surface area contributed by atoms with Crippen LogP contribution in [0.5, 0.6) is 0 Å². The number of aryl methyl sites for hydroxylation is 1. The van der Waals surface area contributed by atoms with Crippen molar-refractivity contribution in [1.82, 2.24) is 5.32 Å². The van der Waals surface area contributed by atoms with Crippen molar-refractivity contribution in [2.75, 3.05) is 13.1 Å². The van der Waals surface area contributed by atoms with Gasteiger partial charge in [-0.25, -0.2) is 13.6 Å². The van der Waals surface area contributed by atoms with E-state index in [1.807, 2.05) is 12.1 Å². The van der Waals surface area contributed by atoms with E-state index in [0.717, 1.165) is 25.2 Å². The molecule has 0 atom stereocenters. The van der Waals surface area contributed by atoms with E-state index < -0.39 is 10.0 Å². The van der Waals surface area contributed by atoms with Crippen LogP contribution < -0.4 is 15.4 Å². The van der Waals surface area contributed by atoms with Gasteiger partial charge in [0.1, 0.15) is 6.54 Å². The SMILES string of the molecule is CC[NH+](CC)Cc1ccc(CNC(=O)c2ccc(C)c(S(N)(=O)=O)c2)cc1. The number of primary sulfonamides is 1. The molecule has 1 amide bonds. The Balaban J connectivity index is 2.01. The zero-order chi connectivity index (χ0) is 20.0. The standard InChI is InChI=1S/C20H27N3O3S/c1-4-23(5-2)14-17-9-7-16(8-10-17)13-22-20(24)18-11-6-15(3)19(12-18)27(21,25)26/h6-12H,4-5,13-14H2,1-3H3,(H,22,24)(H2,21,25,26)/p+1. The summed E-state index contributed by atoms with van der Waals surface area (Å²) in [6, 6.07) is 12.7. The summed E-state index contributed by atoms with van der Waals surface area (Å²) in [6.45, 7) is 9.53. The number of nitrogens with one attached hydrogen (secondary N) is 2. The summed E-state index contributed by atoms with van der Waals surface area (Å²) < 4.78 is 23.2. The normalized spacial score (nSPS) is 11.6. The monoisotopic (exact) mass is 390 g/mol. The lowest BCUT2D eigenvalue weighted by Crippen LogP contribution is -3.10. The van der Waals surface area contributed by atoms with Gasteiger partial charge in [0.25, 0.3) is 5.91 Å². The number of carbonyl (C=O) groups excluding carboxylic acids is 1. The van der Waals surface area contributed by atoms with E-state index in [2.05, 4.69) is 31.3 Å². The van der Waals surface area contributed by atoms with Gasteiger partial charge in [-0.3, -0.25) is 4.79 Å². The van der Waals surface area contributed by atoms with Crippen molar-refractivity contribution in [3.8, 4) is 0 Å². The number of carbonyl (C=O) groups is 1. The molecule has 4 N–H and O–H groups in total. The fourth-order valence-corrected chi connectivity index (χ4v) is 3.70. The first-order valence-electron chi connectivity index (χ1n) is 9.07. The van der Waals surface area contributed by atoms with Gasteiger partial charge < -0.3 is 10.2 Å². The van der Waals surface area contributed by atoms with Crippen LogP contribution in [0.15, 0.2) is 47.4 Å². The van der Waals surface area contributed by atoms with Crippen LogP contribution in [0, 0.1) is 6.92 Å². The first kappa shape index (κ1) is 21.1. The molecule has 0 spiro atoms. The van der Waals surface area contributed by atoms with E-state index in [9.17, 15) is 13.2 Å². The highest BCUT2D eigenvalue weighted by Gasteiger charge is 2.15. The van der Waals surface area contributed by atoms with Crippen molar-refractivity contribution in [3.05, 3.63) is 64.7 Å². The van der Waals surface area contributed by atoms with E-state index in [1.165, 1.54) is 16.5 Å². The van der Waals surface area contributed by atoms with Crippen molar-refractivity contribution < 1.29 is 18.1 Å². The zero-order valence-electron chi connectivity index (χ0n) is 16.1. The van der Waals surface area contributed by atoms with Crippen molar-refractivity contribution in [2.45, 2.75) is 38.8 Å². The quantitative estimate of drug-likeness (QED) is 0.628. The number of rotatable bonds is 8. The minimum atomic E-state index is -3.86. The average Bonchev–Trinajstić information content (AvgIpc) is 2.64. The third kappa shape index (κ3) is 5.89. The minimum absolute atomic E-state index is 0.0293. The highest BCUT2D eigenvalue weighted by atomic mass is 32.2. The Kier molecular flexibility index (Phi) is 7.12. The van der Waals surface area contributed by atoms with E-state index in [0.29, 0.717) is 12.1 Å². The Hall–Kier alpha value is -2.22. The minimum Gasteiger partial charge on any atom is -0.348 e. The molecule has 2 aromatic rings. The number of hydrogen-bond acceptors (Lipinski definition) is 3. The molecule has 0 saturated heterocycles. The predicted molar refractivity (Wildman–Crippen MR) is 106 cm³/mol. The second-order valence-corrected chi connectivity index (χ2v) is 8.19. The van der Waals surface area contributed by atoms with Gasteiger partial charge in [-0.2, -0.15) is 0 Å². The Labute approximate surface area is 161 Å².